The smallest absolute Gasteiger partial charge is 0.243 e. The maximum Gasteiger partial charge on any atom is 0.243 e. The Kier molecular flexibility index (Phi) is 6.53. The van der Waals surface area contributed by atoms with Crippen LogP contribution in [0.3, 0.4) is 0 Å². The number of piperidine rings is 1. The highest BCUT2D eigenvalue weighted by molar-refractivity contribution is 7.89. The van der Waals surface area contributed by atoms with Crippen LogP contribution in [0.1, 0.15) is 19.8 Å². The monoisotopic (exact) mass is 352 g/mol. The fraction of sp³-hybridized carbons (Fsp3) is 0.471. The molecule has 0 aliphatic carbocycles. The summed E-state index contributed by atoms with van der Waals surface area (Å²) in [6.07, 6.45) is 3.30. The molecule has 0 unspecified atom stereocenters. The maximum absolute atomic E-state index is 12.7. The largest absolute Gasteiger partial charge is 0.377 e. The van der Waals surface area contributed by atoms with Crippen molar-refractivity contribution >= 4 is 21.6 Å². The molecule has 1 amide bonds. The number of rotatable bonds is 7. The van der Waals surface area contributed by atoms with Gasteiger partial charge in [-0.15, -0.1) is 6.58 Å². The van der Waals surface area contributed by atoms with Crippen LogP contribution in [0.15, 0.2) is 41.8 Å². The molecule has 7 heteroatoms. The summed E-state index contributed by atoms with van der Waals surface area (Å²) in [4.78, 5) is 11.3. The lowest BCUT2D eigenvalue weighted by molar-refractivity contribution is -0.114. The molecule has 1 aliphatic heterocycles. The maximum atomic E-state index is 12.7. The highest BCUT2D eigenvalue weighted by atomic mass is 32.2. The van der Waals surface area contributed by atoms with Gasteiger partial charge in [-0.3, -0.25) is 4.79 Å². The van der Waals surface area contributed by atoms with E-state index in [0.29, 0.717) is 37.9 Å². The van der Waals surface area contributed by atoms with Crippen molar-refractivity contribution in [2.24, 2.45) is 5.92 Å². The molecule has 0 atom stereocenters. The molecule has 24 heavy (non-hydrogen) atoms. The van der Waals surface area contributed by atoms with Gasteiger partial charge < -0.3 is 10.1 Å². The number of benzene rings is 1. The second-order valence-corrected chi connectivity index (χ2v) is 7.82. The Labute approximate surface area is 143 Å². The molecule has 1 heterocycles. The van der Waals surface area contributed by atoms with E-state index < -0.39 is 10.0 Å². The van der Waals surface area contributed by atoms with Crippen molar-refractivity contribution < 1.29 is 17.9 Å². The molecular weight excluding hydrogens is 328 g/mol. The molecule has 1 aromatic rings. The summed E-state index contributed by atoms with van der Waals surface area (Å²) in [5.41, 5.74) is 0.583. The van der Waals surface area contributed by atoms with Gasteiger partial charge in [-0.05, 0) is 43.0 Å². The second kappa shape index (κ2) is 8.41. The molecule has 1 fully saturated rings. The van der Waals surface area contributed by atoms with Gasteiger partial charge in [0.2, 0.25) is 15.9 Å². The van der Waals surface area contributed by atoms with E-state index in [-0.39, 0.29) is 10.8 Å². The SMILES string of the molecule is C=CCOCC1CCN(S(=O)(=O)c2ccc(NC(C)=O)cc2)CC1. The lowest BCUT2D eigenvalue weighted by Crippen LogP contribution is -2.39. The van der Waals surface area contributed by atoms with Crippen LogP contribution < -0.4 is 5.32 Å². The van der Waals surface area contributed by atoms with Gasteiger partial charge in [-0.1, -0.05) is 6.08 Å². The molecule has 0 aromatic heterocycles. The van der Waals surface area contributed by atoms with Gasteiger partial charge in [-0.25, -0.2) is 8.42 Å². The van der Waals surface area contributed by atoms with Gasteiger partial charge in [0.15, 0.2) is 0 Å². The number of hydrogen-bond donors (Lipinski definition) is 1. The van der Waals surface area contributed by atoms with Gasteiger partial charge in [0.1, 0.15) is 0 Å². The predicted octanol–water partition coefficient (Wildman–Crippen LogP) is 2.25. The first-order valence-corrected chi connectivity index (χ1v) is 9.44. The van der Waals surface area contributed by atoms with E-state index in [2.05, 4.69) is 11.9 Å². The molecule has 6 nitrogen and oxygen atoms in total. The van der Waals surface area contributed by atoms with Crippen LogP contribution in [0.25, 0.3) is 0 Å². The molecule has 132 valence electrons. The summed E-state index contributed by atoms with van der Waals surface area (Å²) >= 11 is 0. The van der Waals surface area contributed by atoms with Crippen LogP contribution in [0.5, 0.6) is 0 Å². The summed E-state index contributed by atoms with van der Waals surface area (Å²) in [5, 5.41) is 2.62. The fourth-order valence-electron chi connectivity index (χ4n) is 2.70. The molecular formula is C17H24N2O4S. The van der Waals surface area contributed by atoms with Crippen LogP contribution in [0.4, 0.5) is 5.69 Å². The standard InChI is InChI=1S/C17H24N2O4S/c1-3-12-23-13-15-8-10-19(11-9-15)24(21,22)17-6-4-16(5-7-17)18-14(2)20/h3-7,15H,1,8-13H2,2H3,(H,18,20). The summed E-state index contributed by atoms with van der Waals surface area (Å²) in [7, 11) is -3.49. The second-order valence-electron chi connectivity index (χ2n) is 5.88. The normalized spacial score (nSPS) is 16.7. The Balaban J connectivity index is 1.96. The van der Waals surface area contributed by atoms with Crippen molar-refractivity contribution in [2.75, 3.05) is 31.6 Å². The van der Waals surface area contributed by atoms with Crippen molar-refractivity contribution in [1.29, 1.82) is 0 Å². The van der Waals surface area contributed by atoms with Crippen molar-refractivity contribution in [3.8, 4) is 0 Å². The predicted molar refractivity (Wildman–Crippen MR) is 93.2 cm³/mol. The van der Waals surface area contributed by atoms with Crippen molar-refractivity contribution in [2.45, 2.75) is 24.7 Å². The summed E-state index contributed by atoms with van der Waals surface area (Å²) in [5.74, 6) is 0.199. The van der Waals surface area contributed by atoms with Gasteiger partial charge in [0, 0.05) is 32.3 Å². The molecule has 0 saturated carbocycles. The van der Waals surface area contributed by atoms with E-state index in [0.717, 1.165) is 12.8 Å². The first-order chi connectivity index (χ1) is 11.4. The quantitative estimate of drug-likeness (QED) is 0.603. The average Bonchev–Trinajstić information content (AvgIpc) is 2.55. The molecule has 1 N–H and O–H groups in total. The average molecular weight is 352 g/mol. The van der Waals surface area contributed by atoms with E-state index in [9.17, 15) is 13.2 Å². The molecule has 1 aliphatic rings. The number of carbonyl (C=O) groups is 1. The number of carbonyl (C=O) groups excluding carboxylic acids is 1. The first kappa shape index (κ1) is 18.6. The van der Waals surface area contributed by atoms with E-state index in [1.54, 1.807) is 18.2 Å². The highest BCUT2D eigenvalue weighted by Gasteiger charge is 2.29. The number of nitrogens with one attached hydrogen (secondary N) is 1. The minimum absolute atomic E-state index is 0.189. The van der Waals surface area contributed by atoms with Crippen molar-refractivity contribution in [3.05, 3.63) is 36.9 Å². The summed E-state index contributed by atoms with van der Waals surface area (Å²) in [6.45, 7) is 7.18. The van der Waals surface area contributed by atoms with Crippen LogP contribution in [-0.2, 0) is 19.6 Å². The number of ether oxygens (including phenoxy) is 1. The number of amides is 1. The number of sulfonamides is 1. The number of nitrogens with zero attached hydrogens (tertiary/aromatic N) is 1. The zero-order valence-corrected chi connectivity index (χ0v) is 14.7. The van der Waals surface area contributed by atoms with E-state index in [1.165, 1.54) is 23.4 Å². The van der Waals surface area contributed by atoms with Crippen LogP contribution in [0.2, 0.25) is 0 Å². The fourth-order valence-corrected chi connectivity index (χ4v) is 4.17. The van der Waals surface area contributed by atoms with E-state index in [1.807, 2.05) is 0 Å². The third-order valence-corrected chi connectivity index (χ3v) is 5.89. The summed E-state index contributed by atoms with van der Waals surface area (Å²) < 4.78 is 32.3. The Morgan fingerprint density at radius 3 is 2.50 bits per heavy atom. The Bertz CT molecular complexity index is 662. The van der Waals surface area contributed by atoms with E-state index in [4.69, 9.17) is 4.74 Å². The van der Waals surface area contributed by atoms with E-state index >= 15 is 0 Å². The van der Waals surface area contributed by atoms with Gasteiger partial charge in [-0.2, -0.15) is 4.31 Å². The Morgan fingerprint density at radius 1 is 1.33 bits per heavy atom. The topological polar surface area (TPSA) is 75.7 Å². The Hall–Kier alpha value is -1.70. The number of anilines is 1. The first-order valence-electron chi connectivity index (χ1n) is 8.00. The van der Waals surface area contributed by atoms with Gasteiger partial charge in [0.05, 0.1) is 11.5 Å². The van der Waals surface area contributed by atoms with Crippen molar-refractivity contribution in [3.63, 3.8) is 0 Å². The van der Waals surface area contributed by atoms with Gasteiger partial charge in [0.25, 0.3) is 0 Å². The zero-order valence-electron chi connectivity index (χ0n) is 13.9. The zero-order chi connectivity index (χ0) is 17.6. The van der Waals surface area contributed by atoms with Crippen LogP contribution in [0, 0.1) is 5.92 Å². The van der Waals surface area contributed by atoms with Crippen molar-refractivity contribution in [1.82, 2.24) is 4.31 Å². The van der Waals surface area contributed by atoms with Crippen LogP contribution in [-0.4, -0.2) is 44.9 Å². The number of hydrogen-bond acceptors (Lipinski definition) is 4. The molecule has 0 bridgehead atoms. The lowest BCUT2D eigenvalue weighted by atomic mass is 9.99. The van der Waals surface area contributed by atoms with Crippen LogP contribution >= 0.6 is 0 Å². The molecule has 0 radical (unpaired) electrons. The minimum Gasteiger partial charge on any atom is -0.377 e. The third-order valence-electron chi connectivity index (χ3n) is 3.98. The van der Waals surface area contributed by atoms with Gasteiger partial charge >= 0.3 is 0 Å². The summed E-state index contributed by atoms with van der Waals surface area (Å²) in [6, 6.07) is 6.26. The molecule has 1 saturated heterocycles. The highest BCUT2D eigenvalue weighted by Crippen LogP contribution is 2.24. The Morgan fingerprint density at radius 2 is 1.96 bits per heavy atom. The third kappa shape index (κ3) is 4.90. The minimum atomic E-state index is -3.49. The molecule has 2 rings (SSSR count). The molecule has 1 aromatic carbocycles. The molecule has 0 spiro atoms. The lowest BCUT2D eigenvalue weighted by Gasteiger charge is -2.31.